The average molecular weight is 232 g/mol. The molecule has 0 amide bonds. The van der Waals surface area contributed by atoms with Gasteiger partial charge in [-0.1, -0.05) is 19.0 Å². The van der Waals surface area contributed by atoms with Gasteiger partial charge in [0.25, 0.3) is 0 Å². The van der Waals surface area contributed by atoms with Crippen LogP contribution in [-0.4, -0.2) is 19.8 Å². The normalized spacial score (nSPS) is 12.3. The van der Waals surface area contributed by atoms with Crippen molar-refractivity contribution in [3.05, 3.63) is 11.3 Å². The Hall–Kier alpha value is -1.04. The van der Waals surface area contributed by atoms with Crippen molar-refractivity contribution < 1.29 is 12.9 Å². The zero-order valence-corrected chi connectivity index (χ0v) is 9.97. The highest BCUT2D eigenvalue weighted by Gasteiger charge is 2.18. The second kappa shape index (κ2) is 4.22. The smallest absolute Gasteiger partial charge is 0.170 e. The van der Waals surface area contributed by atoms with Crippen LogP contribution in [0.25, 0.3) is 0 Å². The first-order chi connectivity index (χ1) is 6.79. The van der Waals surface area contributed by atoms with E-state index in [1.54, 1.807) is 0 Å². The van der Waals surface area contributed by atoms with E-state index in [4.69, 9.17) is 10.3 Å². The number of hydrogen-bond acceptors (Lipinski definition) is 5. The van der Waals surface area contributed by atoms with Crippen molar-refractivity contribution in [2.24, 2.45) is 5.92 Å². The van der Waals surface area contributed by atoms with Crippen LogP contribution in [0.4, 0.5) is 5.82 Å². The maximum absolute atomic E-state index is 11.1. The number of anilines is 1. The van der Waals surface area contributed by atoms with E-state index in [-0.39, 0.29) is 5.75 Å². The molecular formula is C9H16N2O3S. The highest BCUT2D eigenvalue weighted by Crippen LogP contribution is 2.21. The molecule has 1 heterocycles. The van der Waals surface area contributed by atoms with E-state index in [1.807, 2.05) is 13.8 Å². The molecule has 0 aliphatic rings. The molecule has 1 rings (SSSR count). The van der Waals surface area contributed by atoms with Crippen LogP contribution in [0.2, 0.25) is 0 Å². The first-order valence-electron chi connectivity index (χ1n) is 4.70. The van der Waals surface area contributed by atoms with Gasteiger partial charge in [-0.15, -0.1) is 0 Å². The van der Waals surface area contributed by atoms with Gasteiger partial charge in [0.1, 0.15) is 5.75 Å². The largest absolute Gasteiger partial charge is 0.381 e. The zero-order chi connectivity index (χ0) is 11.6. The summed E-state index contributed by atoms with van der Waals surface area (Å²) in [7, 11) is -3.11. The number of sulfone groups is 1. The average Bonchev–Trinajstić information content (AvgIpc) is 2.32. The van der Waals surface area contributed by atoms with Crippen molar-refractivity contribution in [1.29, 1.82) is 0 Å². The van der Waals surface area contributed by atoms with Gasteiger partial charge in [0.05, 0.1) is 0 Å². The van der Waals surface area contributed by atoms with Gasteiger partial charge in [0, 0.05) is 11.8 Å². The molecule has 0 aromatic carbocycles. The van der Waals surface area contributed by atoms with Crippen molar-refractivity contribution in [3.63, 3.8) is 0 Å². The monoisotopic (exact) mass is 232 g/mol. The first kappa shape index (κ1) is 12.0. The predicted octanol–water partition coefficient (Wildman–Crippen LogP) is 1.000. The molecule has 6 heteroatoms. The van der Waals surface area contributed by atoms with Gasteiger partial charge in [-0.2, -0.15) is 0 Å². The summed E-state index contributed by atoms with van der Waals surface area (Å²) in [5.74, 6) is 0.898. The minimum absolute atomic E-state index is 0.140. The van der Waals surface area contributed by atoms with Crippen LogP contribution >= 0.6 is 0 Å². The van der Waals surface area contributed by atoms with Gasteiger partial charge >= 0.3 is 0 Å². The van der Waals surface area contributed by atoms with E-state index in [0.29, 0.717) is 23.9 Å². The maximum Gasteiger partial charge on any atom is 0.170 e. The van der Waals surface area contributed by atoms with E-state index >= 15 is 0 Å². The molecule has 0 aliphatic carbocycles. The molecular weight excluding hydrogens is 216 g/mol. The number of nitrogen functional groups attached to an aromatic ring is 1. The highest BCUT2D eigenvalue weighted by molar-refractivity contribution is 7.89. The summed E-state index contributed by atoms with van der Waals surface area (Å²) in [5.41, 5.74) is 6.33. The van der Waals surface area contributed by atoms with Crippen LogP contribution in [0.1, 0.15) is 25.2 Å². The Labute approximate surface area is 89.6 Å². The molecule has 15 heavy (non-hydrogen) atoms. The van der Waals surface area contributed by atoms with Gasteiger partial charge in [-0.25, -0.2) is 8.42 Å². The van der Waals surface area contributed by atoms with Crippen molar-refractivity contribution in [3.8, 4) is 0 Å². The van der Waals surface area contributed by atoms with E-state index in [9.17, 15) is 8.42 Å². The van der Waals surface area contributed by atoms with Crippen molar-refractivity contribution in [2.75, 3.05) is 12.0 Å². The lowest BCUT2D eigenvalue weighted by atomic mass is 10.0. The molecule has 86 valence electrons. The zero-order valence-electron chi connectivity index (χ0n) is 9.15. The molecule has 0 bridgehead atoms. The summed E-state index contributed by atoms with van der Waals surface area (Å²) < 4.78 is 27.2. The minimum Gasteiger partial charge on any atom is -0.381 e. The third-order valence-electron chi connectivity index (χ3n) is 1.91. The van der Waals surface area contributed by atoms with Crippen molar-refractivity contribution >= 4 is 15.7 Å². The lowest BCUT2D eigenvalue weighted by Gasteiger charge is -2.04. The Morgan fingerprint density at radius 2 is 2.07 bits per heavy atom. The molecule has 0 radical (unpaired) electrons. The van der Waals surface area contributed by atoms with Gasteiger partial charge in [-0.3, -0.25) is 0 Å². The highest BCUT2D eigenvalue weighted by atomic mass is 32.2. The predicted molar refractivity (Wildman–Crippen MR) is 58.0 cm³/mol. The molecule has 0 fully saturated rings. The van der Waals surface area contributed by atoms with E-state index in [0.717, 1.165) is 11.8 Å². The molecule has 0 saturated carbocycles. The summed E-state index contributed by atoms with van der Waals surface area (Å²) in [6, 6.07) is 0. The maximum atomic E-state index is 11.1. The third kappa shape index (κ3) is 3.54. The third-order valence-corrected chi connectivity index (χ3v) is 2.69. The minimum atomic E-state index is -3.11. The van der Waals surface area contributed by atoms with Crippen molar-refractivity contribution in [1.82, 2.24) is 5.16 Å². The molecule has 1 aromatic heterocycles. The van der Waals surface area contributed by atoms with E-state index < -0.39 is 9.84 Å². The summed E-state index contributed by atoms with van der Waals surface area (Å²) in [6.07, 6.45) is 1.84. The van der Waals surface area contributed by atoms with E-state index in [1.165, 1.54) is 0 Å². The van der Waals surface area contributed by atoms with Crippen LogP contribution in [0.3, 0.4) is 0 Å². The number of nitrogens with two attached hydrogens (primary N) is 1. The Bertz CT molecular complexity index is 434. The van der Waals surface area contributed by atoms with Crippen LogP contribution in [0.15, 0.2) is 4.52 Å². The number of hydrogen-bond donors (Lipinski definition) is 1. The molecule has 2 N–H and O–H groups in total. The summed E-state index contributed by atoms with van der Waals surface area (Å²) in [4.78, 5) is 0. The topological polar surface area (TPSA) is 86.2 Å². The molecule has 0 atom stereocenters. The lowest BCUT2D eigenvalue weighted by molar-refractivity contribution is 0.393. The molecule has 1 aromatic rings. The Morgan fingerprint density at radius 3 is 2.53 bits per heavy atom. The summed E-state index contributed by atoms with van der Waals surface area (Å²) in [5, 5.41) is 3.59. The second-order valence-electron chi connectivity index (χ2n) is 4.14. The van der Waals surface area contributed by atoms with E-state index in [2.05, 4.69) is 5.16 Å². The van der Waals surface area contributed by atoms with Gasteiger partial charge in [0.15, 0.2) is 21.4 Å². The molecule has 0 saturated heterocycles. The molecule has 0 spiro atoms. The fourth-order valence-electron chi connectivity index (χ4n) is 1.34. The Balaban J connectivity index is 2.98. The fraction of sp³-hybridized carbons (Fsp3) is 0.667. The Morgan fingerprint density at radius 1 is 1.47 bits per heavy atom. The van der Waals surface area contributed by atoms with Crippen LogP contribution in [0.5, 0.6) is 0 Å². The van der Waals surface area contributed by atoms with Crippen LogP contribution in [-0.2, 0) is 22.0 Å². The number of nitrogens with zero attached hydrogens (tertiary/aromatic N) is 1. The summed E-state index contributed by atoms with van der Waals surface area (Å²) >= 11 is 0. The molecule has 0 unspecified atom stereocenters. The number of aromatic nitrogens is 1. The summed E-state index contributed by atoms with van der Waals surface area (Å²) in [6.45, 7) is 4.05. The Kier molecular flexibility index (Phi) is 3.38. The molecule has 0 aliphatic heterocycles. The van der Waals surface area contributed by atoms with Gasteiger partial charge in [-0.05, 0) is 12.3 Å². The van der Waals surface area contributed by atoms with Gasteiger partial charge in [0.2, 0.25) is 0 Å². The lowest BCUT2D eigenvalue weighted by Crippen LogP contribution is -2.05. The van der Waals surface area contributed by atoms with Crippen molar-refractivity contribution in [2.45, 2.75) is 26.0 Å². The van der Waals surface area contributed by atoms with Gasteiger partial charge < -0.3 is 10.3 Å². The standard InChI is InChI=1S/C9H16N2O3S/c1-6(2)4-7-8(5-15(3,12)13)14-11-9(7)10/h6H,4-5H2,1-3H3,(H2,10,11). The van der Waals surface area contributed by atoms with Crippen LogP contribution in [0, 0.1) is 5.92 Å². The molecule has 5 nitrogen and oxygen atoms in total. The number of rotatable bonds is 4. The first-order valence-corrected chi connectivity index (χ1v) is 6.76. The second-order valence-corrected chi connectivity index (χ2v) is 6.28. The SMILES string of the molecule is CC(C)Cc1c(N)noc1CS(C)(=O)=O. The van der Waals surface area contributed by atoms with Crippen LogP contribution < -0.4 is 5.73 Å². The fourth-order valence-corrected chi connectivity index (χ4v) is 2.04. The quantitative estimate of drug-likeness (QED) is 0.836.